The summed E-state index contributed by atoms with van der Waals surface area (Å²) in [4.78, 5) is 15.9. The van der Waals surface area contributed by atoms with E-state index >= 15 is 0 Å². The number of benzene rings is 10. The Morgan fingerprint density at radius 3 is 1.69 bits per heavy atom. The van der Waals surface area contributed by atoms with Crippen LogP contribution < -0.4 is 0 Å². The van der Waals surface area contributed by atoms with Crippen LogP contribution >= 0.6 is 11.3 Å². The van der Waals surface area contributed by atoms with Gasteiger partial charge in [0.15, 0.2) is 17.5 Å². The fourth-order valence-electron chi connectivity index (χ4n) is 9.60. The van der Waals surface area contributed by atoms with Gasteiger partial charge in [-0.3, -0.25) is 0 Å². The van der Waals surface area contributed by atoms with Crippen LogP contribution in [0.3, 0.4) is 0 Å². The Balaban J connectivity index is 0.951. The number of thiophene rings is 1. The number of para-hydroxylation sites is 2. The maximum Gasteiger partial charge on any atom is 0.165 e. The lowest BCUT2D eigenvalue weighted by atomic mass is 9.94. The van der Waals surface area contributed by atoms with E-state index in [1.807, 2.05) is 0 Å². The molecule has 64 heavy (non-hydrogen) atoms. The van der Waals surface area contributed by atoms with E-state index in [2.05, 4.69) is 223 Å². The zero-order chi connectivity index (χ0) is 42.1. The first-order valence-corrected chi connectivity index (χ1v) is 22.4. The van der Waals surface area contributed by atoms with Gasteiger partial charge >= 0.3 is 0 Å². The van der Waals surface area contributed by atoms with Gasteiger partial charge in [-0.25, -0.2) is 15.0 Å². The van der Waals surface area contributed by atoms with Gasteiger partial charge in [0.1, 0.15) is 0 Å². The van der Waals surface area contributed by atoms with E-state index in [0.717, 1.165) is 43.9 Å². The van der Waals surface area contributed by atoms with Gasteiger partial charge in [0.05, 0.1) is 11.0 Å². The van der Waals surface area contributed by atoms with Crippen LogP contribution in [-0.2, 0) is 0 Å². The first-order chi connectivity index (χ1) is 31.7. The lowest BCUT2D eigenvalue weighted by Crippen LogP contribution is -2.01. The van der Waals surface area contributed by atoms with Crippen LogP contribution in [0.5, 0.6) is 0 Å². The standard InChI is InChI=1S/C59H36N4S/c1-3-14-37(15-4-1)44-31-32-50(46-19-8-7-18-45(44)46)58-60-57(61-59(62-58)51-23-13-22-49-48-21-10-12-25-55(48)64-56(49)51)42-29-28-38-34-39(26-27-40(38)35-42)41-30-33-54-52(36-41)47-20-9-11-24-53(47)63(54)43-16-5-2-6-17-43/h1-36H. The first-order valence-electron chi connectivity index (χ1n) is 21.6. The van der Waals surface area contributed by atoms with Crippen molar-refractivity contribution in [3.63, 3.8) is 0 Å². The zero-order valence-corrected chi connectivity index (χ0v) is 35.3. The third kappa shape index (κ3) is 5.93. The Bertz CT molecular complexity index is 3960. The van der Waals surface area contributed by atoms with Crippen molar-refractivity contribution in [1.82, 2.24) is 19.5 Å². The molecule has 3 heterocycles. The zero-order valence-electron chi connectivity index (χ0n) is 34.5. The molecule has 13 aromatic rings. The normalized spacial score (nSPS) is 11.8. The van der Waals surface area contributed by atoms with Crippen LogP contribution in [-0.4, -0.2) is 19.5 Å². The lowest BCUT2D eigenvalue weighted by Gasteiger charge is -2.13. The summed E-state index contributed by atoms with van der Waals surface area (Å²) in [5, 5.41) is 9.47. The molecule has 0 atom stereocenters. The second-order valence-corrected chi connectivity index (χ2v) is 17.4. The van der Waals surface area contributed by atoms with E-state index in [1.165, 1.54) is 64.2 Å². The van der Waals surface area contributed by atoms with Crippen LogP contribution in [0.25, 0.3) is 126 Å². The van der Waals surface area contributed by atoms with Gasteiger partial charge < -0.3 is 4.57 Å². The third-order valence-electron chi connectivity index (χ3n) is 12.6. The molecule has 0 fully saturated rings. The highest BCUT2D eigenvalue weighted by Crippen LogP contribution is 2.42. The molecule has 0 saturated heterocycles. The molecule has 0 unspecified atom stereocenters. The molecular weight excluding hydrogens is 797 g/mol. The predicted octanol–water partition coefficient (Wildman–Crippen LogP) is 16.0. The summed E-state index contributed by atoms with van der Waals surface area (Å²) in [7, 11) is 0. The lowest BCUT2D eigenvalue weighted by molar-refractivity contribution is 1.08. The van der Waals surface area contributed by atoms with E-state index in [4.69, 9.17) is 15.0 Å². The summed E-state index contributed by atoms with van der Waals surface area (Å²) in [6.45, 7) is 0. The average Bonchev–Trinajstić information content (AvgIpc) is 3.92. The summed E-state index contributed by atoms with van der Waals surface area (Å²) in [6.07, 6.45) is 0. The summed E-state index contributed by atoms with van der Waals surface area (Å²) in [6, 6.07) is 78.1. The van der Waals surface area contributed by atoms with Gasteiger partial charge in [-0.15, -0.1) is 11.3 Å². The molecule has 13 rings (SSSR count). The van der Waals surface area contributed by atoms with Crippen LogP contribution in [0.2, 0.25) is 0 Å². The third-order valence-corrected chi connectivity index (χ3v) is 13.9. The molecule has 5 heteroatoms. The Morgan fingerprint density at radius 1 is 0.312 bits per heavy atom. The minimum Gasteiger partial charge on any atom is -0.309 e. The predicted molar refractivity (Wildman–Crippen MR) is 269 cm³/mol. The average molecular weight is 833 g/mol. The molecule has 0 saturated carbocycles. The van der Waals surface area contributed by atoms with Crippen molar-refractivity contribution in [2.24, 2.45) is 0 Å². The molecular formula is C59H36N4S. The molecule has 0 radical (unpaired) electrons. The maximum absolute atomic E-state index is 5.32. The van der Waals surface area contributed by atoms with Crippen LogP contribution in [0.4, 0.5) is 0 Å². The molecule has 0 aliphatic heterocycles. The molecule has 10 aromatic carbocycles. The van der Waals surface area contributed by atoms with Gasteiger partial charge in [-0.1, -0.05) is 158 Å². The number of aromatic nitrogens is 4. The second-order valence-electron chi connectivity index (χ2n) is 16.4. The molecule has 0 N–H and O–H groups in total. The molecule has 0 amide bonds. The number of hydrogen-bond donors (Lipinski definition) is 0. The maximum atomic E-state index is 5.32. The van der Waals surface area contributed by atoms with Crippen molar-refractivity contribution in [3.05, 3.63) is 218 Å². The molecule has 3 aromatic heterocycles. The number of fused-ring (bicyclic) bond motifs is 8. The van der Waals surface area contributed by atoms with E-state index in [0.29, 0.717) is 17.5 Å². The monoisotopic (exact) mass is 832 g/mol. The van der Waals surface area contributed by atoms with E-state index in [9.17, 15) is 0 Å². The Morgan fingerprint density at radius 2 is 0.875 bits per heavy atom. The van der Waals surface area contributed by atoms with Gasteiger partial charge in [-0.05, 0) is 104 Å². The number of rotatable bonds is 6. The van der Waals surface area contributed by atoms with Crippen molar-refractivity contribution in [2.45, 2.75) is 0 Å². The Hall–Kier alpha value is -8.25. The number of nitrogens with zero attached hydrogens (tertiary/aromatic N) is 4. The molecule has 4 nitrogen and oxygen atoms in total. The summed E-state index contributed by atoms with van der Waals surface area (Å²) in [5.74, 6) is 1.95. The first kappa shape index (κ1) is 36.4. The van der Waals surface area contributed by atoms with Gasteiger partial charge in [0, 0.05) is 53.3 Å². The van der Waals surface area contributed by atoms with Crippen molar-refractivity contribution in [3.8, 4) is 62.1 Å². The van der Waals surface area contributed by atoms with E-state index in [-0.39, 0.29) is 0 Å². The van der Waals surface area contributed by atoms with Crippen LogP contribution in [0.1, 0.15) is 0 Å². The highest BCUT2D eigenvalue weighted by molar-refractivity contribution is 7.26. The quantitative estimate of drug-likeness (QED) is 0.168. The SMILES string of the molecule is c1ccc(-c2ccc(-c3nc(-c4ccc5cc(-c6ccc7c(c6)c6ccccc6n7-c6ccccc6)ccc5c4)nc(-c4cccc5c4sc4ccccc45)n3)c3ccccc23)cc1. The number of hydrogen-bond acceptors (Lipinski definition) is 4. The molecule has 298 valence electrons. The van der Waals surface area contributed by atoms with Crippen molar-refractivity contribution < 1.29 is 0 Å². The van der Waals surface area contributed by atoms with Crippen LogP contribution in [0, 0.1) is 0 Å². The van der Waals surface area contributed by atoms with Gasteiger partial charge in [0.25, 0.3) is 0 Å². The van der Waals surface area contributed by atoms with Crippen LogP contribution in [0.15, 0.2) is 218 Å². The van der Waals surface area contributed by atoms with Gasteiger partial charge in [-0.2, -0.15) is 0 Å². The van der Waals surface area contributed by atoms with Crippen molar-refractivity contribution in [1.29, 1.82) is 0 Å². The summed E-state index contributed by atoms with van der Waals surface area (Å²) >= 11 is 1.79. The van der Waals surface area contributed by atoms with Crippen molar-refractivity contribution in [2.75, 3.05) is 0 Å². The molecule has 0 aliphatic rings. The smallest absolute Gasteiger partial charge is 0.165 e. The van der Waals surface area contributed by atoms with E-state index < -0.39 is 0 Å². The second kappa shape index (κ2) is 14.7. The fourth-order valence-corrected chi connectivity index (χ4v) is 10.8. The minimum absolute atomic E-state index is 0.639. The van der Waals surface area contributed by atoms with E-state index in [1.54, 1.807) is 11.3 Å². The molecule has 0 spiro atoms. The van der Waals surface area contributed by atoms with Gasteiger partial charge in [0.2, 0.25) is 0 Å². The summed E-state index contributed by atoms with van der Waals surface area (Å²) in [5.41, 5.74) is 11.2. The topological polar surface area (TPSA) is 43.6 Å². The fraction of sp³-hybridized carbons (Fsp3) is 0. The minimum atomic E-state index is 0.639. The van der Waals surface area contributed by atoms with Crippen molar-refractivity contribution >= 4 is 74.9 Å². The molecule has 0 aliphatic carbocycles. The largest absolute Gasteiger partial charge is 0.309 e. The molecule has 0 bridgehead atoms. The Kier molecular flexibility index (Phi) is 8.36. The highest BCUT2D eigenvalue weighted by atomic mass is 32.1. The Labute approximate surface area is 373 Å². The highest BCUT2D eigenvalue weighted by Gasteiger charge is 2.19. The summed E-state index contributed by atoms with van der Waals surface area (Å²) < 4.78 is 4.78.